The first-order valence-corrected chi connectivity index (χ1v) is 5.86. The normalized spacial score (nSPS) is 10.5. The van der Waals surface area contributed by atoms with Crippen LogP contribution < -0.4 is 0 Å². The van der Waals surface area contributed by atoms with Crippen molar-refractivity contribution in [1.29, 1.82) is 0 Å². The van der Waals surface area contributed by atoms with E-state index in [1.54, 1.807) is 12.1 Å². The van der Waals surface area contributed by atoms with Crippen LogP contribution in [0.5, 0.6) is 0 Å². The van der Waals surface area contributed by atoms with Gasteiger partial charge in [0.05, 0.1) is 12.7 Å². The largest absolute Gasteiger partial charge is 0.466 e. The summed E-state index contributed by atoms with van der Waals surface area (Å²) in [4.78, 5) is 25.9. The van der Waals surface area contributed by atoms with E-state index in [2.05, 4.69) is 9.72 Å². The predicted molar refractivity (Wildman–Crippen MR) is 70.1 cm³/mol. The third-order valence-electron chi connectivity index (χ3n) is 3.09. The summed E-state index contributed by atoms with van der Waals surface area (Å²) in [5.74, 6) is -1.12. The molecule has 0 atom stereocenters. The average molecular weight is 261 g/mol. The van der Waals surface area contributed by atoms with Crippen LogP contribution in [0.15, 0.2) is 18.2 Å². The van der Waals surface area contributed by atoms with Crippen LogP contribution in [0.1, 0.15) is 21.6 Å². The first kappa shape index (κ1) is 13.1. The first-order chi connectivity index (χ1) is 9.02. The highest BCUT2D eigenvalue weighted by Crippen LogP contribution is 2.22. The lowest BCUT2D eigenvalue weighted by atomic mass is 10.1. The highest BCUT2D eigenvalue weighted by molar-refractivity contribution is 5.96. The number of methoxy groups -OCH3 is 1. The molecule has 2 aromatic rings. The minimum atomic E-state index is -0.580. The lowest BCUT2D eigenvalue weighted by Gasteiger charge is -2.03. The van der Waals surface area contributed by atoms with Gasteiger partial charge in [-0.3, -0.25) is 0 Å². The van der Waals surface area contributed by atoms with Gasteiger partial charge in [0.1, 0.15) is 0 Å². The number of aromatic amines is 1. The topological polar surface area (TPSA) is 68.4 Å². The van der Waals surface area contributed by atoms with Gasteiger partial charge in [0.25, 0.3) is 0 Å². The van der Waals surface area contributed by atoms with Gasteiger partial charge in [0.2, 0.25) is 0 Å². The summed E-state index contributed by atoms with van der Waals surface area (Å²) in [6, 6.07) is 5.25. The molecule has 0 aliphatic rings. The second-order valence-electron chi connectivity index (χ2n) is 4.29. The SMILES string of the molecule is COC(=O)COC(=O)c1ccc2[nH]c(C)c(C)c2c1. The first-order valence-electron chi connectivity index (χ1n) is 5.86. The number of aryl methyl sites for hydroxylation is 2. The Hall–Kier alpha value is -2.30. The van der Waals surface area contributed by atoms with E-state index in [1.165, 1.54) is 7.11 Å². The Labute approximate surface area is 110 Å². The standard InChI is InChI=1S/C14H15NO4/c1-8-9(2)15-12-5-4-10(6-11(8)12)14(17)19-7-13(16)18-3/h4-6,15H,7H2,1-3H3. The molecule has 0 aliphatic heterocycles. The van der Waals surface area contributed by atoms with Crippen LogP contribution in [0.4, 0.5) is 0 Å². The number of nitrogens with one attached hydrogen (secondary N) is 1. The number of fused-ring (bicyclic) bond motifs is 1. The summed E-state index contributed by atoms with van der Waals surface area (Å²) >= 11 is 0. The molecule has 19 heavy (non-hydrogen) atoms. The lowest BCUT2D eigenvalue weighted by molar-refractivity contribution is -0.144. The summed E-state index contributed by atoms with van der Waals surface area (Å²) in [5, 5.41) is 0.977. The van der Waals surface area contributed by atoms with Crippen molar-refractivity contribution >= 4 is 22.8 Å². The molecule has 0 unspecified atom stereocenters. The van der Waals surface area contributed by atoms with Crippen molar-refractivity contribution in [1.82, 2.24) is 4.98 Å². The summed E-state index contributed by atoms with van der Waals surface area (Å²) in [7, 11) is 1.24. The van der Waals surface area contributed by atoms with Crippen LogP contribution in [-0.4, -0.2) is 30.6 Å². The molecule has 0 saturated heterocycles. The predicted octanol–water partition coefficient (Wildman–Crippen LogP) is 2.11. The molecule has 1 aromatic heterocycles. The molecule has 1 N–H and O–H groups in total. The van der Waals surface area contributed by atoms with Crippen molar-refractivity contribution in [2.45, 2.75) is 13.8 Å². The van der Waals surface area contributed by atoms with Gasteiger partial charge < -0.3 is 14.5 Å². The molecule has 0 bridgehead atoms. The van der Waals surface area contributed by atoms with Crippen molar-refractivity contribution in [2.24, 2.45) is 0 Å². The third-order valence-corrected chi connectivity index (χ3v) is 3.09. The number of carbonyl (C=O) groups is 2. The molecule has 0 amide bonds. The van der Waals surface area contributed by atoms with Crippen molar-refractivity contribution in [3.05, 3.63) is 35.0 Å². The van der Waals surface area contributed by atoms with Gasteiger partial charge in [-0.1, -0.05) is 0 Å². The van der Waals surface area contributed by atoms with E-state index >= 15 is 0 Å². The van der Waals surface area contributed by atoms with Gasteiger partial charge in [-0.15, -0.1) is 0 Å². The summed E-state index contributed by atoms with van der Waals surface area (Å²) in [6.07, 6.45) is 0. The Morgan fingerprint density at radius 3 is 2.68 bits per heavy atom. The van der Waals surface area contributed by atoms with Crippen LogP contribution in [0.25, 0.3) is 10.9 Å². The molecule has 1 aromatic carbocycles. The van der Waals surface area contributed by atoms with E-state index < -0.39 is 11.9 Å². The van der Waals surface area contributed by atoms with Gasteiger partial charge in [-0.05, 0) is 37.6 Å². The van der Waals surface area contributed by atoms with Crippen molar-refractivity contribution in [3.63, 3.8) is 0 Å². The Balaban J connectivity index is 2.23. The Morgan fingerprint density at radius 2 is 2.00 bits per heavy atom. The molecule has 2 rings (SSSR count). The van der Waals surface area contributed by atoms with Crippen molar-refractivity contribution in [2.75, 3.05) is 13.7 Å². The van der Waals surface area contributed by atoms with E-state index in [1.807, 2.05) is 19.9 Å². The van der Waals surface area contributed by atoms with Gasteiger partial charge in [-0.25, -0.2) is 9.59 Å². The second-order valence-corrected chi connectivity index (χ2v) is 4.29. The molecule has 5 heteroatoms. The van der Waals surface area contributed by atoms with E-state index in [0.29, 0.717) is 5.56 Å². The number of aromatic nitrogens is 1. The summed E-state index contributed by atoms with van der Waals surface area (Å²) in [6.45, 7) is 3.58. The molecule has 0 aliphatic carbocycles. The smallest absolute Gasteiger partial charge is 0.344 e. The Kier molecular flexibility index (Phi) is 3.55. The van der Waals surface area contributed by atoms with E-state index in [-0.39, 0.29) is 6.61 Å². The fourth-order valence-corrected chi connectivity index (χ4v) is 1.85. The van der Waals surface area contributed by atoms with Crippen molar-refractivity contribution in [3.8, 4) is 0 Å². The summed E-state index contributed by atoms with van der Waals surface area (Å²) in [5.41, 5.74) is 3.55. The molecule has 100 valence electrons. The molecule has 0 fully saturated rings. The maximum atomic E-state index is 11.8. The van der Waals surface area contributed by atoms with Gasteiger partial charge in [-0.2, -0.15) is 0 Å². The van der Waals surface area contributed by atoms with Gasteiger partial charge >= 0.3 is 11.9 Å². The molecule has 1 heterocycles. The number of rotatable bonds is 3. The van der Waals surface area contributed by atoms with E-state index in [9.17, 15) is 9.59 Å². The number of hydrogen-bond donors (Lipinski definition) is 1. The number of ether oxygens (including phenoxy) is 2. The monoisotopic (exact) mass is 261 g/mol. The van der Waals surface area contributed by atoms with Crippen LogP contribution in [0.3, 0.4) is 0 Å². The van der Waals surface area contributed by atoms with Gasteiger partial charge in [0.15, 0.2) is 6.61 Å². The number of esters is 2. The molecular formula is C14H15NO4. The molecule has 0 saturated carbocycles. The molecule has 0 radical (unpaired) electrons. The average Bonchev–Trinajstić information content (AvgIpc) is 2.70. The quantitative estimate of drug-likeness (QED) is 0.859. The number of H-pyrrole nitrogens is 1. The fraction of sp³-hybridized carbons (Fsp3) is 0.286. The van der Waals surface area contributed by atoms with Gasteiger partial charge in [0, 0.05) is 16.6 Å². The van der Waals surface area contributed by atoms with Crippen LogP contribution in [0.2, 0.25) is 0 Å². The minimum absolute atomic E-state index is 0.376. The zero-order valence-corrected chi connectivity index (χ0v) is 11.1. The van der Waals surface area contributed by atoms with E-state index in [0.717, 1.165) is 22.2 Å². The molecule has 5 nitrogen and oxygen atoms in total. The van der Waals surface area contributed by atoms with E-state index in [4.69, 9.17) is 4.74 Å². The van der Waals surface area contributed by atoms with Crippen LogP contribution >= 0.6 is 0 Å². The maximum Gasteiger partial charge on any atom is 0.344 e. The summed E-state index contributed by atoms with van der Waals surface area (Å²) < 4.78 is 9.26. The minimum Gasteiger partial charge on any atom is -0.466 e. The molecule has 0 spiro atoms. The highest BCUT2D eigenvalue weighted by Gasteiger charge is 2.12. The molecular weight excluding hydrogens is 246 g/mol. The number of benzene rings is 1. The zero-order chi connectivity index (χ0) is 14.0. The lowest BCUT2D eigenvalue weighted by Crippen LogP contribution is -2.15. The van der Waals surface area contributed by atoms with Crippen LogP contribution in [-0.2, 0) is 14.3 Å². The zero-order valence-electron chi connectivity index (χ0n) is 11.1. The Morgan fingerprint density at radius 1 is 1.26 bits per heavy atom. The maximum absolute atomic E-state index is 11.8. The third kappa shape index (κ3) is 2.59. The second kappa shape index (κ2) is 5.14. The van der Waals surface area contributed by atoms with Crippen molar-refractivity contribution < 1.29 is 19.1 Å². The number of carbonyl (C=O) groups excluding carboxylic acids is 2. The Bertz CT molecular complexity index is 642. The number of hydrogen-bond acceptors (Lipinski definition) is 4. The van der Waals surface area contributed by atoms with Crippen LogP contribution in [0, 0.1) is 13.8 Å². The highest BCUT2D eigenvalue weighted by atomic mass is 16.6. The fourth-order valence-electron chi connectivity index (χ4n) is 1.85.